The van der Waals surface area contributed by atoms with Gasteiger partial charge in [0.25, 0.3) is 0 Å². The number of H-pyrrole nitrogens is 1. The van der Waals surface area contributed by atoms with Crippen molar-refractivity contribution in [3.63, 3.8) is 0 Å². The van der Waals surface area contributed by atoms with Crippen LogP contribution in [0.5, 0.6) is 0 Å². The van der Waals surface area contributed by atoms with Crippen molar-refractivity contribution in [1.82, 2.24) is 4.98 Å². The van der Waals surface area contributed by atoms with Crippen molar-refractivity contribution in [2.75, 3.05) is 0 Å². The number of aromatic nitrogens is 1. The van der Waals surface area contributed by atoms with Crippen LogP contribution in [0.15, 0.2) is 36.4 Å². The minimum absolute atomic E-state index is 0.594. The van der Waals surface area contributed by atoms with Gasteiger partial charge in [0.15, 0.2) is 0 Å². The van der Waals surface area contributed by atoms with Crippen molar-refractivity contribution in [3.8, 4) is 12.1 Å². The molecule has 0 saturated heterocycles. The fourth-order valence-corrected chi connectivity index (χ4v) is 2.18. The van der Waals surface area contributed by atoms with Crippen LogP contribution in [0.25, 0.3) is 21.8 Å². The molecule has 3 nitrogen and oxygen atoms in total. The lowest BCUT2D eigenvalue weighted by Gasteiger charge is -1.95. The molecule has 0 aliphatic heterocycles. The lowest BCUT2D eigenvalue weighted by Crippen LogP contribution is -1.79. The van der Waals surface area contributed by atoms with Gasteiger partial charge in [0, 0.05) is 21.8 Å². The van der Waals surface area contributed by atoms with Crippen molar-refractivity contribution in [3.05, 3.63) is 47.5 Å². The molecule has 0 fully saturated rings. The number of hydrogen-bond acceptors (Lipinski definition) is 2. The van der Waals surface area contributed by atoms with Crippen molar-refractivity contribution in [1.29, 1.82) is 10.5 Å². The summed E-state index contributed by atoms with van der Waals surface area (Å²) in [4.78, 5) is 3.23. The zero-order valence-electron chi connectivity index (χ0n) is 8.86. The first-order valence-electron chi connectivity index (χ1n) is 5.19. The molecule has 17 heavy (non-hydrogen) atoms. The average Bonchev–Trinajstić information content (AvgIpc) is 2.76. The summed E-state index contributed by atoms with van der Waals surface area (Å²) in [5.41, 5.74) is 2.97. The van der Waals surface area contributed by atoms with Crippen LogP contribution in [-0.4, -0.2) is 4.98 Å². The first-order valence-corrected chi connectivity index (χ1v) is 5.19. The van der Waals surface area contributed by atoms with Crippen molar-refractivity contribution >= 4 is 21.8 Å². The van der Waals surface area contributed by atoms with Crippen LogP contribution in [0.3, 0.4) is 0 Å². The first-order chi connectivity index (χ1) is 8.35. The van der Waals surface area contributed by atoms with Gasteiger partial charge in [-0.15, -0.1) is 0 Å². The summed E-state index contributed by atoms with van der Waals surface area (Å²) in [5, 5.41) is 19.9. The third-order valence-corrected chi connectivity index (χ3v) is 2.89. The number of nitriles is 2. The molecule has 0 saturated carbocycles. The van der Waals surface area contributed by atoms with E-state index in [4.69, 9.17) is 10.5 Å². The van der Waals surface area contributed by atoms with Gasteiger partial charge in [0.2, 0.25) is 0 Å². The quantitative estimate of drug-likeness (QED) is 0.629. The molecule has 1 heterocycles. The van der Waals surface area contributed by atoms with E-state index in [0.29, 0.717) is 11.1 Å². The van der Waals surface area contributed by atoms with E-state index in [-0.39, 0.29) is 0 Å². The lowest BCUT2D eigenvalue weighted by molar-refractivity contribution is 1.50. The standard InChI is InChI=1S/C14H7N3/c15-7-9-3-1-5-11-13(9)14-10(8-16)4-2-6-12(14)17-11/h1-6,17H. The summed E-state index contributed by atoms with van der Waals surface area (Å²) >= 11 is 0. The van der Waals surface area contributed by atoms with Gasteiger partial charge in [-0.3, -0.25) is 0 Å². The van der Waals surface area contributed by atoms with E-state index in [1.807, 2.05) is 24.3 Å². The van der Waals surface area contributed by atoms with E-state index in [2.05, 4.69) is 17.1 Å². The van der Waals surface area contributed by atoms with Gasteiger partial charge in [-0.25, -0.2) is 0 Å². The van der Waals surface area contributed by atoms with Gasteiger partial charge in [-0.2, -0.15) is 10.5 Å². The Hall–Kier alpha value is -2.78. The van der Waals surface area contributed by atoms with Crippen LogP contribution in [0.2, 0.25) is 0 Å². The molecule has 0 aliphatic rings. The molecule has 0 amide bonds. The van der Waals surface area contributed by atoms with Gasteiger partial charge < -0.3 is 4.98 Å². The maximum atomic E-state index is 9.13. The molecule has 1 N–H and O–H groups in total. The lowest BCUT2D eigenvalue weighted by atomic mass is 10.0. The number of rotatable bonds is 0. The number of fused-ring (bicyclic) bond motifs is 3. The maximum Gasteiger partial charge on any atom is 0.0998 e. The van der Waals surface area contributed by atoms with Crippen LogP contribution in [0, 0.1) is 22.7 Å². The van der Waals surface area contributed by atoms with Crippen LogP contribution in [-0.2, 0) is 0 Å². The summed E-state index contributed by atoms with van der Waals surface area (Å²) in [6.07, 6.45) is 0. The highest BCUT2D eigenvalue weighted by molar-refractivity contribution is 6.12. The molecule has 0 radical (unpaired) electrons. The van der Waals surface area contributed by atoms with Gasteiger partial charge in [-0.05, 0) is 24.3 Å². The molecule has 1 aromatic heterocycles. The van der Waals surface area contributed by atoms with Gasteiger partial charge >= 0.3 is 0 Å². The molecular formula is C14H7N3. The van der Waals surface area contributed by atoms with Gasteiger partial charge in [0.1, 0.15) is 0 Å². The number of aromatic amines is 1. The van der Waals surface area contributed by atoms with Crippen LogP contribution in [0.4, 0.5) is 0 Å². The maximum absolute atomic E-state index is 9.13. The van der Waals surface area contributed by atoms with Crippen molar-refractivity contribution < 1.29 is 0 Å². The summed E-state index contributed by atoms with van der Waals surface area (Å²) in [6.45, 7) is 0. The molecule has 3 aromatic rings. The van der Waals surface area contributed by atoms with E-state index in [0.717, 1.165) is 21.8 Å². The highest BCUT2D eigenvalue weighted by atomic mass is 14.7. The van der Waals surface area contributed by atoms with Gasteiger partial charge in [0.05, 0.1) is 23.3 Å². The predicted molar refractivity (Wildman–Crippen MR) is 65.2 cm³/mol. The number of hydrogen-bond donors (Lipinski definition) is 1. The molecule has 3 rings (SSSR count). The predicted octanol–water partition coefficient (Wildman–Crippen LogP) is 3.06. The first kappa shape index (κ1) is 9.45. The Morgan fingerprint density at radius 1 is 0.765 bits per heavy atom. The van der Waals surface area contributed by atoms with Gasteiger partial charge in [-0.1, -0.05) is 12.1 Å². The number of nitrogens with zero attached hydrogens (tertiary/aromatic N) is 2. The van der Waals surface area contributed by atoms with Crippen molar-refractivity contribution in [2.24, 2.45) is 0 Å². The van der Waals surface area contributed by atoms with E-state index in [1.165, 1.54) is 0 Å². The Bertz CT molecular complexity index is 745. The molecule has 2 aromatic carbocycles. The second-order valence-electron chi connectivity index (χ2n) is 3.80. The topological polar surface area (TPSA) is 63.4 Å². The third-order valence-electron chi connectivity index (χ3n) is 2.89. The fraction of sp³-hybridized carbons (Fsp3) is 0. The highest BCUT2D eigenvalue weighted by Gasteiger charge is 2.11. The normalized spacial score (nSPS) is 10.2. The smallest absolute Gasteiger partial charge is 0.0998 e. The minimum atomic E-state index is 0.594. The fourth-order valence-electron chi connectivity index (χ4n) is 2.18. The van der Waals surface area contributed by atoms with Crippen LogP contribution < -0.4 is 0 Å². The van der Waals surface area contributed by atoms with E-state index < -0.39 is 0 Å². The number of nitrogens with one attached hydrogen (secondary N) is 1. The number of benzene rings is 2. The molecule has 3 heteroatoms. The molecule has 0 bridgehead atoms. The van der Waals surface area contributed by atoms with Crippen molar-refractivity contribution in [2.45, 2.75) is 0 Å². The average molecular weight is 217 g/mol. The third kappa shape index (κ3) is 1.20. The summed E-state index contributed by atoms with van der Waals surface area (Å²) in [7, 11) is 0. The monoisotopic (exact) mass is 217 g/mol. The van der Waals surface area contributed by atoms with E-state index in [9.17, 15) is 0 Å². The highest BCUT2D eigenvalue weighted by Crippen LogP contribution is 2.30. The Balaban J connectivity index is 2.67. The summed E-state index contributed by atoms with van der Waals surface area (Å²) in [6, 6.07) is 15.4. The SMILES string of the molecule is N#Cc1cccc2[nH]c3cccc(C#N)c3c12. The van der Waals surface area contributed by atoms with Crippen LogP contribution >= 0.6 is 0 Å². The summed E-state index contributed by atoms with van der Waals surface area (Å²) in [5.74, 6) is 0. The molecule has 0 aliphatic carbocycles. The molecular weight excluding hydrogens is 210 g/mol. The molecule has 0 spiro atoms. The van der Waals surface area contributed by atoms with E-state index >= 15 is 0 Å². The second-order valence-corrected chi connectivity index (χ2v) is 3.80. The Morgan fingerprint density at radius 3 is 1.65 bits per heavy atom. The zero-order valence-corrected chi connectivity index (χ0v) is 8.86. The molecule has 78 valence electrons. The Kier molecular flexibility index (Phi) is 1.87. The molecule has 0 unspecified atom stereocenters. The summed E-state index contributed by atoms with van der Waals surface area (Å²) < 4.78 is 0. The minimum Gasteiger partial charge on any atom is -0.354 e. The largest absolute Gasteiger partial charge is 0.354 e. The Morgan fingerprint density at radius 2 is 1.24 bits per heavy atom. The zero-order chi connectivity index (χ0) is 11.8. The van der Waals surface area contributed by atoms with E-state index in [1.54, 1.807) is 12.1 Å². The van der Waals surface area contributed by atoms with Crippen LogP contribution in [0.1, 0.15) is 11.1 Å². The second kappa shape index (κ2) is 3.37. The Labute approximate surface area is 97.5 Å². The molecule has 0 atom stereocenters.